The van der Waals surface area contributed by atoms with Gasteiger partial charge in [0.25, 0.3) is 0 Å². The van der Waals surface area contributed by atoms with Crippen LogP contribution in [0.15, 0.2) is 0 Å². The van der Waals surface area contributed by atoms with Crippen LogP contribution in [-0.2, 0) is 4.79 Å². The summed E-state index contributed by atoms with van der Waals surface area (Å²) in [5.41, 5.74) is 5.48. The number of nitrogens with zero attached hydrogens (tertiary/aromatic N) is 1. The minimum absolute atomic E-state index is 0.140. The van der Waals surface area contributed by atoms with Gasteiger partial charge < -0.3 is 11.1 Å². The lowest BCUT2D eigenvalue weighted by Crippen LogP contribution is -2.39. The molecule has 0 radical (unpaired) electrons. The van der Waals surface area contributed by atoms with Crippen LogP contribution in [0, 0.1) is 0 Å². The molecule has 4 nitrogen and oxygen atoms in total. The summed E-state index contributed by atoms with van der Waals surface area (Å²) >= 11 is 0. The van der Waals surface area contributed by atoms with Gasteiger partial charge in [-0.25, -0.2) is 0 Å². The van der Waals surface area contributed by atoms with E-state index in [0.717, 1.165) is 25.9 Å². The van der Waals surface area contributed by atoms with E-state index in [1.807, 2.05) is 0 Å². The number of hydrogen-bond acceptors (Lipinski definition) is 3. The maximum absolute atomic E-state index is 11.2. The minimum Gasteiger partial charge on any atom is -0.355 e. The van der Waals surface area contributed by atoms with Crippen LogP contribution in [0.25, 0.3) is 0 Å². The first-order valence-corrected chi connectivity index (χ1v) is 4.95. The lowest BCUT2D eigenvalue weighted by atomic mass is 10.2. The molecular weight excluding hydrogens is 166 g/mol. The van der Waals surface area contributed by atoms with Gasteiger partial charge in [-0.15, -0.1) is 0 Å². The van der Waals surface area contributed by atoms with E-state index in [0.29, 0.717) is 19.1 Å². The zero-order valence-corrected chi connectivity index (χ0v) is 8.25. The van der Waals surface area contributed by atoms with Gasteiger partial charge in [0.1, 0.15) is 0 Å². The highest BCUT2D eigenvalue weighted by Crippen LogP contribution is 2.05. The standard InChI is InChI=1S/C9H19N3O/c1-8(3-4-10)12-6-2-5-11-9(13)7-12/h8H,2-7,10H2,1H3,(H,11,13). The van der Waals surface area contributed by atoms with Gasteiger partial charge in [-0.1, -0.05) is 0 Å². The molecule has 13 heavy (non-hydrogen) atoms. The number of nitrogens with two attached hydrogens (primary N) is 1. The van der Waals surface area contributed by atoms with Crippen molar-refractivity contribution < 1.29 is 4.79 Å². The Hall–Kier alpha value is -0.610. The van der Waals surface area contributed by atoms with Crippen LogP contribution in [0.2, 0.25) is 0 Å². The summed E-state index contributed by atoms with van der Waals surface area (Å²) in [5, 5.41) is 2.86. The Morgan fingerprint density at radius 2 is 2.46 bits per heavy atom. The van der Waals surface area contributed by atoms with Crippen molar-refractivity contribution in [3.63, 3.8) is 0 Å². The van der Waals surface area contributed by atoms with Gasteiger partial charge in [-0.05, 0) is 26.3 Å². The van der Waals surface area contributed by atoms with Gasteiger partial charge in [0.05, 0.1) is 6.54 Å². The molecule has 0 bridgehead atoms. The molecule has 1 aliphatic rings. The first-order chi connectivity index (χ1) is 6.24. The molecule has 0 aromatic heterocycles. The van der Waals surface area contributed by atoms with Crippen LogP contribution in [0.4, 0.5) is 0 Å². The molecule has 0 aromatic rings. The van der Waals surface area contributed by atoms with Crippen molar-refractivity contribution in [2.45, 2.75) is 25.8 Å². The molecule has 0 aromatic carbocycles. The average Bonchev–Trinajstić information content (AvgIpc) is 2.30. The van der Waals surface area contributed by atoms with Crippen molar-refractivity contribution in [1.29, 1.82) is 0 Å². The third-order valence-electron chi connectivity index (χ3n) is 2.50. The first-order valence-electron chi connectivity index (χ1n) is 4.95. The van der Waals surface area contributed by atoms with Crippen LogP contribution in [0.5, 0.6) is 0 Å². The number of nitrogens with one attached hydrogen (secondary N) is 1. The summed E-state index contributed by atoms with van der Waals surface area (Å²) in [4.78, 5) is 13.4. The Balaban J connectivity index is 2.42. The molecule has 1 aliphatic heterocycles. The largest absolute Gasteiger partial charge is 0.355 e. The van der Waals surface area contributed by atoms with E-state index >= 15 is 0 Å². The molecule has 3 N–H and O–H groups in total. The molecule has 1 fully saturated rings. The van der Waals surface area contributed by atoms with Gasteiger partial charge in [0, 0.05) is 19.1 Å². The normalized spacial score (nSPS) is 22.2. The fourth-order valence-electron chi connectivity index (χ4n) is 1.63. The van der Waals surface area contributed by atoms with Crippen molar-refractivity contribution >= 4 is 5.91 Å². The maximum Gasteiger partial charge on any atom is 0.234 e. The second-order valence-corrected chi connectivity index (χ2v) is 3.60. The lowest BCUT2D eigenvalue weighted by Gasteiger charge is -2.25. The lowest BCUT2D eigenvalue weighted by molar-refractivity contribution is -0.121. The van der Waals surface area contributed by atoms with Crippen molar-refractivity contribution in [2.24, 2.45) is 5.73 Å². The predicted octanol–water partition coefficient (Wildman–Crippen LogP) is -0.454. The molecule has 76 valence electrons. The zero-order valence-electron chi connectivity index (χ0n) is 8.25. The van der Waals surface area contributed by atoms with Gasteiger partial charge in [-0.2, -0.15) is 0 Å². The molecule has 0 saturated carbocycles. The third kappa shape index (κ3) is 3.32. The highest BCUT2D eigenvalue weighted by Gasteiger charge is 2.18. The van der Waals surface area contributed by atoms with E-state index in [-0.39, 0.29) is 5.91 Å². The second kappa shape index (κ2) is 5.19. The van der Waals surface area contributed by atoms with Crippen LogP contribution in [0.3, 0.4) is 0 Å². The van der Waals surface area contributed by atoms with Crippen molar-refractivity contribution in [1.82, 2.24) is 10.2 Å². The molecule has 0 spiro atoms. The quantitative estimate of drug-likeness (QED) is 0.626. The smallest absolute Gasteiger partial charge is 0.234 e. The van der Waals surface area contributed by atoms with Gasteiger partial charge >= 0.3 is 0 Å². The molecule has 1 saturated heterocycles. The molecule has 0 aliphatic carbocycles. The summed E-state index contributed by atoms with van der Waals surface area (Å²) in [5.74, 6) is 0.140. The number of hydrogen-bond donors (Lipinski definition) is 2. The fourth-order valence-corrected chi connectivity index (χ4v) is 1.63. The van der Waals surface area contributed by atoms with Gasteiger partial charge in [0.2, 0.25) is 5.91 Å². The number of carbonyl (C=O) groups is 1. The zero-order chi connectivity index (χ0) is 9.68. The molecular formula is C9H19N3O. The monoisotopic (exact) mass is 185 g/mol. The summed E-state index contributed by atoms with van der Waals surface area (Å²) in [6.45, 7) is 5.16. The molecule has 1 rings (SSSR count). The molecule has 1 heterocycles. The van der Waals surface area contributed by atoms with Crippen LogP contribution in [-0.4, -0.2) is 43.0 Å². The van der Waals surface area contributed by atoms with E-state index in [1.54, 1.807) is 0 Å². The van der Waals surface area contributed by atoms with E-state index in [4.69, 9.17) is 5.73 Å². The average molecular weight is 185 g/mol. The Bertz CT molecular complexity index is 172. The van der Waals surface area contributed by atoms with Gasteiger partial charge in [0.15, 0.2) is 0 Å². The maximum atomic E-state index is 11.2. The Kier molecular flexibility index (Phi) is 4.18. The van der Waals surface area contributed by atoms with Crippen molar-refractivity contribution in [2.75, 3.05) is 26.2 Å². The second-order valence-electron chi connectivity index (χ2n) is 3.60. The summed E-state index contributed by atoms with van der Waals surface area (Å²) in [6, 6.07) is 0.425. The van der Waals surface area contributed by atoms with Crippen LogP contribution < -0.4 is 11.1 Å². The molecule has 1 amide bonds. The van der Waals surface area contributed by atoms with Crippen molar-refractivity contribution in [3.05, 3.63) is 0 Å². The summed E-state index contributed by atoms with van der Waals surface area (Å²) in [7, 11) is 0. The Morgan fingerprint density at radius 3 is 3.15 bits per heavy atom. The predicted molar refractivity (Wildman–Crippen MR) is 52.3 cm³/mol. The SMILES string of the molecule is CC(CCN)N1CCCNC(=O)C1. The molecule has 1 unspecified atom stereocenters. The number of carbonyl (C=O) groups excluding carboxylic acids is 1. The Morgan fingerprint density at radius 1 is 1.69 bits per heavy atom. The highest BCUT2D eigenvalue weighted by atomic mass is 16.2. The number of rotatable bonds is 3. The first kappa shape index (κ1) is 10.5. The van der Waals surface area contributed by atoms with E-state index in [1.165, 1.54) is 0 Å². The van der Waals surface area contributed by atoms with Gasteiger partial charge in [-0.3, -0.25) is 9.69 Å². The molecule has 1 atom stereocenters. The van der Waals surface area contributed by atoms with E-state index < -0.39 is 0 Å². The highest BCUT2D eigenvalue weighted by molar-refractivity contribution is 5.78. The fraction of sp³-hybridized carbons (Fsp3) is 0.889. The molecule has 4 heteroatoms. The van der Waals surface area contributed by atoms with E-state index in [9.17, 15) is 4.79 Å². The van der Waals surface area contributed by atoms with E-state index in [2.05, 4.69) is 17.1 Å². The summed E-state index contributed by atoms with van der Waals surface area (Å²) in [6.07, 6.45) is 2.01. The minimum atomic E-state index is 0.140. The third-order valence-corrected chi connectivity index (χ3v) is 2.50. The Labute approximate surface area is 79.5 Å². The summed E-state index contributed by atoms with van der Waals surface area (Å²) < 4.78 is 0. The topological polar surface area (TPSA) is 58.4 Å². The number of amides is 1. The van der Waals surface area contributed by atoms with Crippen LogP contribution in [0.1, 0.15) is 19.8 Å². The van der Waals surface area contributed by atoms with Crippen molar-refractivity contribution in [3.8, 4) is 0 Å². The van der Waals surface area contributed by atoms with Crippen LogP contribution >= 0.6 is 0 Å².